The molecule has 0 fully saturated rings. The van der Waals surface area contributed by atoms with E-state index in [1.807, 2.05) is 36.4 Å². The van der Waals surface area contributed by atoms with Gasteiger partial charge in [-0.05, 0) is 53.6 Å². The topological polar surface area (TPSA) is 108 Å². The lowest BCUT2D eigenvalue weighted by Gasteiger charge is -2.25. The minimum atomic E-state index is -0.956. The minimum absolute atomic E-state index is 0.0774. The number of carboxylic acids is 1. The maximum atomic E-state index is 12.9. The number of urea groups is 1. The summed E-state index contributed by atoms with van der Waals surface area (Å²) < 4.78 is 0. The number of hydrogen-bond acceptors (Lipinski definition) is 3. The van der Waals surface area contributed by atoms with Gasteiger partial charge in [-0.15, -0.1) is 0 Å². The molecule has 0 aliphatic heterocycles. The first-order chi connectivity index (χ1) is 17.2. The van der Waals surface area contributed by atoms with Crippen molar-refractivity contribution in [3.63, 3.8) is 0 Å². The van der Waals surface area contributed by atoms with Gasteiger partial charge in [0.2, 0.25) is 0 Å². The van der Waals surface area contributed by atoms with Gasteiger partial charge in [-0.3, -0.25) is 9.59 Å². The number of nitrogens with one attached hydrogen (secondary N) is 3. The second-order valence-corrected chi connectivity index (χ2v) is 9.60. The van der Waals surface area contributed by atoms with Crippen LogP contribution < -0.4 is 16.0 Å². The Morgan fingerprint density at radius 2 is 1.56 bits per heavy atom. The molecule has 0 aromatic heterocycles. The molecule has 2 rings (SSSR count). The van der Waals surface area contributed by atoms with Crippen LogP contribution in [0.25, 0.3) is 0 Å². The summed E-state index contributed by atoms with van der Waals surface area (Å²) in [5.41, 5.74) is 3.34. The monoisotopic (exact) mass is 495 g/mol. The molecule has 3 amide bonds. The number of anilines is 1. The maximum Gasteiger partial charge on any atom is 0.319 e. The lowest BCUT2D eigenvalue weighted by molar-refractivity contribution is -0.136. The van der Waals surface area contributed by atoms with Gasteiger partial charge in [0.05, 0.1) is 12.5 Å². The van der Waals surface area contributed by atoms with Crippen LogP contribution in [0.1, 0.15) is 99.7 Å². The quantitative estimate of drug-likeness (QED) is 0.240. The van der Waals surface area contributed by atoms with Gasteiger partial charge >= 0.3 is 12.0 Å². The highest BCUT2D eigenvalue weighted by Crippen LogP contribution is 2.27. The van der Waals surface area contributed by atoms with E-state index in [1.165, 1.54) is 5.56 Å². The summed E-state index contributed by atoms with van der Waals surface area (Å²) in [7, 11) is 0. The normalized spacial score (nSPS) is 12.6. The fourth-order valence-corrected chi connectivity index (χ4v) is 4.12. The molecule has 2 aromatic rings. The van der Waals surface area contributed by atoms with Crippen molar-refractivity contribution in [2.75, 3.05) is 11.9 Å². The predicted octanol–water partition coefficient (Wildman–Crippen LogP) is 6.48. The number of amides is 3. The molecule has 4 N–H and O–H groups in total. The highest BCUT2D eigenvalue weighted by Gasteiger charge is 2.20. The van der Waals surface area contributed by atoms with Crippen LogP contribution >= 0.6 is 0 Å². The standard InChI is InChI=1S/C29H41N3O4/c1-5-7-8-21(6-2)19-26(32-29(36)31-25-15-13-22(14-16-25)20(3)4)23-9-11-24(12-10-23)28(35)30-18-17-27(33)34/h9-16,20-21,26H,5-8,17-19H2,1-4H3,(H,30,35)(H,33,34)(H2,31,32,36). The third-order valence-corrected chi connectivity index (χ3v) is 6.45. The van der Waals surface area contributed by atoms with Crippen LogP contribution in [-0.4, -0.2) is 29.6 Å². The molecule has 0 radical (unpaired) electrons. The number of carbonyl (C=O) groups excluding carboxylic acids is 2. The van der Waals surface area contributed by atoms with Gasteiger partial charge in [-0.25, -0.2) is 4.79 Å². The molecule has 0 bridgehead atoms. The molecule has 7 heteroatoms. The predicted molar refractivity (Wildman–Crippen MR) is 144 cm³/mol. The van der Waals surface area contributed by atoms with Crippen molar-refractivity contribution in [2.45, 2.75) is 78.2 Å². The second kappa shape index (κ2) is 14.9. The van der Waals surface area contributed by atoms with Crippen LogP contribution in [0.2, 0.25) is 0 Å². The van der Waals surface area contributed by atoms with E-state index in [-0.39, 0.29) is 30.9 Å². The van der Waals surface area contributed by atoms with Crippen molar-refractivity contribution >= 4 is 23.6 Å². The molecule has 2 atom stereocenters. The average Bonchev–Trinajstić information content (AvgIpc) is 2.86. The zero-order valence-corrected chi connectivity index (χ0v) is 22.0. The molecule has 0 heterocycles. The van der Waals surface area contributed by atoms with Crippen molar-refractivity contribution < 1.29 is 19.5 Å². The average molecular weight is 496 g/mol. The number of benzene rings is 2. The Balaban J connectivity index is 2.13. The summed E-state index contributed by atoms with van der Waals surface area (Å²) in [4.78, 5) is 35.9. The number of hydrogen-bond donors (Lipinski definition) is 4. The Bertz CT molecular complexity index is 971. The molecule has 7 nitrogen and oxygen atoms in total. The maximum absolute atomic E-state index is 12.9. The Morgan fingerprint density at radius 1 is 0.917 bits per heavy atom. The third kappa shape index (κ3) is 9.72. The van der Waals surface area contributed by atoms with Crippen molar-refractivity contribution in [1.82, 2.24) is 10.6 Å². The van der Waals surface area contributed by atoms with Crippen LogP contribution in [0.5, 0.6) is 0 Å². The fraction of sp³-hybridized carbons (Fsp3) is 0.483. The molecule has 0 spiro atoms. The van der Waals surface area contributed by atoms with E-state index in [0.29, 0.717) is 17.4 Å². The molecule has 36 heavy (non-hydrogen) atoms. The van der Waals surface area contributed by atoms with Crippen LogP contribution in [0.4, 0.5) is 10.5 Å². The van der Waals surface area contributed by atoms with E-state index in [2.05, 4.69) is 43.6 Å². The lowest BCUT2D eigenvalue weighted by Crippen LogP contribution is -2.33. The number of carbonyl (C=O) groups is 3. The Kier molecular flexibility index (Phi) is 12.0. The van der Waals surface area contributed by atoms with E-state index in [1.54, 1.807) is 12.1 Å². The van der Waals surface area contributed by atoms with Gasteiger partial charge < -0.3 is 21.1 Å². The first-order valence-electron chi connectivity index (χ1n) is 13.0. The highest BCUT2D eigenvalue weighted by molar-refractivity contribution is 5.94. The number of unbranched alkanes of at least 4 members (excludes halogenated alkanes) is 1. The number of carboxylic acid groups (broad SMARTS) is 1. The van der Waals surface area contributed by atoms with Gasteiger partial charge in [0, 0.05) is 17.8 Å². The van der Waals surface area contributed by atoms with Crippen molar-refractivity contribution in [3.8, 4) is 0 Å². The van der Waals surface area contributed by atoms with Gasteiger partial charge in [0.1, 0.15) is 0 Å². The summed E-state index contributed by atoms with van der Waals surface area (Å²) in [6.07, 6.45) is 5.10. The van der Waals surface area contributed by atoms with Gasteiger partial charge in [0.25, 0.3) is 5.91 Å². The summed E-state index contributed by atoms with van der Waals surface area (Å²) in [6, 6.07) is 14.6. The summed E-state index contributed by atoms with van der Waals surface area (Å²) in [5.74, 6) is -0.375. The first-order valence-corrected chi connectivity index (χ1v) is 13.0. The van der Waals surface area contributed by atoms with Crippen molar-refractivity contribution in [1.29, 1.82) is 0 Å². The zero-order valence-electron chi connectivity index (χ0n) is 22.0. The van der Waals surface area contributed by atoms with E-state index in [9.17, 15) is 14.4 Å². The third-order valence-electron chi connectivity index (χ3n) is 6.45. The summed E-state index contributed by atoms with van der Waals surface area (Å²) >= 11 is 0. The number of rotatable bonds is 14. The SMILES string of the molecule is CCCCC(CC)CC(NC(=O)Nc1ccc(C(C)C)cc1)c1ccc(C(=O)NCCC(=O)O)cc1. The fourth-order valence-electron chi connectivity index (χ4n) is 4.12. The van der Waals surface area contributed by atoms with Gasteiger partial charge in [0.15, 0.2) is 0 Å². The second-order valence-electron chi connectivity index (χ2n) is 9.60. The number of aliphatic carboxylic acids is 1. The molecule has 0 aliphatic rings. The largest absolute Gasteiger partial charge is 0.481 e. The summed E-state index contributed by atoms with van der Waals surface area (Å²) in [5, 5.41) is 17.4. The molecule has 196 valence electrons. The van der Waals surface area contributed by atoms with Crippen LogP contribution in [0, 0.1) is 5.92 Å². The molecule has 0 saturated carbocycles. The molecule has 2 aromatic carbocycles. The van der Waals surface area contributed by atoms with Gasteiger partial charge in [-0.1, -0.05) is 77.6 Å². The van der Waals surface area contributed by atoms with Crippen LogP contribution in [-0.2, 0) is 4.79 Å². The van der Waals surface area contributed by atoms with Crippen molar-refractivity contribution in [3.05, 3.63) is 65.2 Å². The molecule has 0 aliphatic carbocycles. The van der Waals surface area contributed by atoms with Gasteiger partial charge in [-0.2, -0.15) is 0 Å². The minimum Gasteiger partial charge on any atom is -0.481 e. The Hall–Kier alpha value is -3.35. The Morgan fingerprint density at radius 3 is 2.11 bits per heavy atom. The molecular formula is C29H41N3O4. The molecule has 2 unspecified atom stereocenters. The molecule has 0 saturated heterocycles. The van der Waals surface area contributed by atoms with E-state index in [0.717, 1.165) is 43.4 Å². The highest BCUT2D eigenvalue weighted by atomic mass is 16.4. The first kappa shape index (κ1) is 28.9. The van der Waals surface area contributed by atoms with E-state index >= 15 is 0 Å². The Labute approximate surface area is 215 Å². The van der Waals surface area contributed by atoms with E-state index in [4.69, 9.17) is 5.11 Å². The van der Waals surface area contributed by atoms with Crippen molar-refractivity contribution in [2.24, 2.45) is 5.92 Å². The lowest BCUT2D eigenvalue weighted by atomic mass is 9.89. The van der Waals surface area contributed by atoms with Crippen LogP contribution in [0.3, 0.4) is 0 Å². The smallest absolute Gasteiger partial charge is 0.319 e. The summed E-state index contributed by atoms with van der Waals surface area (Å²) in [6.45, 7) is 8.70. The zero-order chi connectivity index (χ0) is 26.5. The molecular weight excluding hydrogens is 454 g/mol. The van der Waals surface area contributed by atoms with E-state index < -0.39 is 5.97 Å². The van der Waals surface area contributed by atoms with Crippen LogP contribution in [0.15, 0.2) is 48.5 Å².